The monoisotopic (exact) mass is 292 g/mol. The average molecular weight is 292 g/mol. The molecular weight excluding hydrogens is 260 g/mol. The van der Waals surface area contributed by atoms with Crippen molar-refractivity contribution in [3.63, 3.8) is 0 Å². The molecule has 0 aromatic heterocycles. The molecule has 0 spiro atoms. The normalized spacial score (nSPS) is 14.9. The molecule has 0 unspecified atom stereocenters. The van der Waals surface area contributed by atoms with Gasteiger partial charge >= 0.3 is 0 Å². The molecule has 0 aliphatic rings. The van der Waals surface area contributed by atoms with Crippen molar-refractivity contribution in [1.82, 2.24) is 5.32 Å². The van der Waals surface area contributed by atoms with Crippen LogP contribution in [0.2, 0.25) is 0 Å². The number of hydrogen-bond acceptors (Lipinski definition) is 3. The SMILES string of the molecule is CCCCCC(C)(C)NC[C@@H](O)[C@@H](N)Cc1ccccc1. The first kappa shape index (κ1) is 18.1. The summed E-state index contributed by atoms with van der Waals surface area (Å²) >= 11 is 0. The predicted octanol–water partition coefficient (Wildman–Crippen LogP) is 2.87. The fraction of sp³-hybridized carbons (Fsp3) is 0.667. The average Bonchev–Trinajstić information content (AvgIpc) is 2.46. The summed E-state index contributed by atoms with van der Waals surface area (Å²) in [5, 5.41) is 13.7. The maximum Gasteiger partial charge on any atom is 0.0818 e. The van der Waals surface area contributed by atoms with Gasteiger partial charge in [0.25, 0.3) is 0 Å². The van der Waals surface area contributed by atoms with Gasteiger partial charge < -0.3 is 16.2 Å². The summed E-state index contributed by atoms with van der Waals surface area (Å²) in [6, 6.07) is 9.87. The van der Waals surface area contributed by atoms with Gasteiger partial charge in [-0.05, 0) is 32.3 Å². The number of rotatable bonds is 10. The molecule has 0 heterocycles. The van der Waals surface area contributed by atoms with Crippen LogP contribution in [0.15, 0.2) is 30.3 Å². The van der Waals surface area contributed by atoms with Gasteiger partial charge in [0, 0.05) is 18.1 Å². The third kappa shape index (κ3) is 7.60. The minimum absolute atomic E-state index is 0.0582. The van der Waals surface area contributed by atoms with E-state index in [9.17, 15) is 5.11 Å². The van der Waals surface area contributed by atoms with Crippen LogP contribution in [-0.4, -0.2) is 29.3 Å². The Morgan fingerprint density at radius 1 is 1.19 bits per heavy atom. The van der Waals surface area contributed by atoms with Crippen LogP contribution >= 0.6 is 0 Å². The number of β-amino-alcohol motifs (C(OH)–C–C–N with tert-alkyl or cyclic N) is 1. The number of unbranched alkanes of at least 4 members (excludes halogenated alkanes) is 2. The summed E-state index contributed by atoms with van der Waals surface area (Å²) in [6.45, 7) is 7.15. The molecule has 0 saturated carbocycles. The van der Waals surface area contributed by atoms with Crippen LogP contribution < -0.4 is 11.1 Å². The van der Waals surface area contributed by atoms with Gasteiger partial charge in [-0.25, -0.2) is 0 Å². The molecule has 2 atom stereocenters. The molecule has 0 fully saturated rings. The Morgan fingerprint density at radius 3 is 2.48 bits per heavy atom. The van der Waals surface area contributed by atoms with Gasteiger partial charge in [-0.1, -0.05) is 56.5 Å². The smallest absolute Gasteiger partial charge is 0.0818 e. The number of hydrogen-bond donors (Lipinski definition) is 3. The second-order valence-corrected chi connectivity index (χ2v) is 6.64. The number of benzene rings is 1. The van der Waals surface area contributed by atoms with E-state index in [-0.39, 0.29) is 11.6 Å². The summed E-state index contributed by atoms with van der Waals surface area (Å²) < 4.78 is 0. The van der Waals surface area contributed by atoms with Gasteiger partial charge in [-0.2, -0.15) is 0 Å². The first-order valence-corrected chi connectivity index (χ1v) is 8.17. The second-order valence-electron chi connectivity index (χ2n) is 6.64. The number of nitrogens with two attached hydrogens (primary N) is 1. The van der Waals surface area contributed by atoms with Gasteiger partial charge in [0.05, 0.1) is 6.10 Å². The van der Waals surface area contributed by atoms with Crippen molar-refractivity contribution < 1.29 is 5.11 Å². The minimum atomic E-state index is -0.518. The van der Waals surface area contributed by atoms with Crippen LogP contribution in [0, 0.1) is 0 Å². The van der Waals surface area contributed by atoms with E-state index in [0.29, 0.717) is 13.0 Å². The molecule has 0 radical (unpaired) electrons. The third-order valence-corrected chi connectivity index (χ3v) is 4.00. The molecule has 21 heavy (non-hydrogen) atoms. The van der Waals surface area contributed by atoms with Gasteiger partial charge in [-0.3, -0.25) is 0 Å². The van der Waals surface area contributed by atoms with Crippen LogP contribution in [0.1, 0.15) is 52.0 Å². The fourth-order valence-electron chi connectivity index (χ4n) is 2.46. The molecule has 1 aromatic rings. The topological polar surface area (TPSA) is 58.3 Å². The van der Waals surface area contributed by atoms with Crippen LogP contribution in [0.25, 0.3) is 0 Å². The molecule has 0 aliphatic heterocycles. The Bertz CT molecular complexity index is 378. The summed E-state index contributed by atoms with van der Waals surface area (Å²) in [4.78, 5) is 0. The Morgan fingerprint density at radius 2 is 1.86 bits per heavy atom. The second kappa shape index (κ2) is 9.19. The van der Waals surface area contributed by atoms with E-state index in [2.05, 4.69) is 38.2 Å². The Balaban J connectivity index is 2.33. The Hall–Kier alpha value is -0.900. The first-order chi connectivity index (χ1) is 9.94. The lowest BCUT2D eigenvalue weighted by atomic mass is 9.95. The van der Waals surface area contributed by atoms with Crippen molar-refractivity contribution in [3.8, 4) is 0 Å². The number of aliphatic hydroxyl groups is 1. The molecule has 3 nitrogen and oxygen atoms in total. The summed E-state index contributed by atoms with van der Waals surface area (Å²) in [5.41, 5.74) is 7.34. The van der Waals surface area contributed by atoms with E-state index in [4.69, 9.17) is 5.73 Å². The molecule has 0 aliphatic carbocycles. The van der Waals surface area contributed by atoms with Crippen LogP contribution in [0.4, 0.5) is 0 Å². The highest BCUT2D eigenvalue weighted by Crippen LogP contribution is 2.14. The zero-order valence-corrected chi connectivity index (χ0v) is 13.8. The summed E-state index contributed by atoms with van der Waals surface area (Å²) in [7, 11) is 0. The molecule has 3 heteroatoms. The van der Waals surface area contributed by atoms with Crippen LogP contribution in [0.5, 0.6) is 0 Å². The molecule has 0 amide bonds. The van der Waals surface area contributed by atoms with E-state index >= 15 is 0 Å². The van der Waals surface area contributed by atoms with Gasteiger partial charge in [-0.15, -0.1) is 0 Å². The van der Waals surface area contributed by atoms with Crippen molar-refractivity contribution in [1.29, 1.82) is 0 Å². The fourth-order valence-corrected chi connectivity index (χ4v) is 2.46. The Labute approximate surface area is 129 Å². The molecule has 1 rings (SSSR count). The van der Waals surface area contributed by atoms with Gasteiger partial charge in [0.1, 0.15) is 0 Å². The Kier molecular flexibility index (Phi) is 7.94. The lowest BCUT2D eigenvalue weighted by Crippen LogP contribution is -2.49. The zero-order chi connectivity index (χ0) is 15.7. The van der Waals surface area contributed by atoms with Crippen LogP contribution in [0.3, 0.4) is 0 Å². The van der Waals surface area contributed by atoms with E-state index in [1.165, 1.54) is 24.8 Å². The van der Waals surface area contributed by atoms with Crippen molar-refractivity contribution in [3.05, 3.63) is 35.9 Å². The maximum absolute atomic E-state index is 10.2. The van der Waals surface area contributed by atoms with Crippen molar-refractivity contribution >= 4 is 0 Å². The minimum Gasteiger partial charge on any atom is -0.390 e. The molecule has 0 bridgehead atoms. The van der Waals surface area contributed by atoms with E-state index in [1.807, 2.05) is 18.2 Å². The molecular formula is C18H32N2O. The van der Waals surface area contributed by atoms with E-state index in [1.54, 1.807) is 0 Å². The highest BCUT2D eigenvalue weighted by molar-refractivity contribution is 5.16. The van der Waals surface area contributed by atoms with E-state index < -0.39 is 6.10 Å². The zero-order valence-electron chi connectivity index (χ0n) is 13.8. The molecule has 0 saturated heterocycles. The lowest BCUT2D eigenvalue weighted by molar-refractivity contribution is 0.129. The van der Waals surface area contributed by atoms with Crippen molar-refractivity contribution in [2.45, 2.75) is 70.6 Å². The highest BCUT2D eigenvalue weighted by atomic mass is 16.3. The number of nitrogens with one attached hydrogen (secondary N) is 1. The molecule has 4 N–H and O–H groups in total. The molecule has 120 valence electrons. The first-order valence-electron chi connectivity index (χ1n) is 8.17. The largest absolute Gasteiger partial charge is 0.390 e. The van der Waals surface area contributed by atoms with E-state index in [0.717, 1.165) is 6.42 Å². The third-order valence-electron chi connectivity index (χ3n) is 4.00. The lowest BCUT2D eigenvalue weighted by Gasteiger charge is -2.29. The predicted molar refractivity (Wildman–Crippen MR) is 90.4 cm³/mol. The summed E-state index contributed by atoms with van der Waals surface area (Å²) in [5.74, 6) is 0. The van der Waals surface area contributed by atoms with Crippen LogP contribution in [-0.2, 0) is 6.42 Å². The molecule has 1 aromatic carbocycles. The quantitative estimate of drug-likeness (QED) is 0.581. The van der Waals surface area contributed by atoms with Crippen molar-refractivity contribution in [2.24, 2.45) is 5.73 Å². The maximum atomic E-state index is 10.2. The van der Waals surface area contributed by atoms with Gasteiger partial charge in [0.15, 0.2) is 0 Å². The summed E-state index contributed by atoms with van der Waals surface area (Å²) in [6.07, 6.45) is 5.04. The van der Waals surface area contributed by atoms with Crippen molar-refractivity contribution in [2.75, 3.05) is 6.54 Å². The number of aliphatic hydroxyl groups excluding tert-OH is 1. The highest BCUT2D eigenvalue weighted by Gasteiger charge is 2.21. The van der Waals surface area contributed by atoms with Gasteiger partial charge in [0.2, 0.25) is 0 Å². The standard InChI is InChI=1S/C18H32N2O/c1-4-5-9-12-18(2,3)20-14-17(21)16(19)13-15-10-7-6-8-11-15/h6-8,10-11,16-17,20-21H,4-5,9,12-14,19H2,1-3H3/t16-,17+/m0/s1.